The molecule has 1 saturated heterocycles. The van der Waals surface area contributed by atoms with Gasteiger partial charge in [-0.05, 0) is 43.3 Å². The number of carbonyl (C=O) groups excluding carboxylic acids is 1. The van der Waals surface area contributed by atoms with Gasteiger partial charge in [-0.3, -0.25) is 4.79 Å². The maximum absolute atomic E-state index is 12.9. The van der Waals surface area contributed by atoms with Crippen LogP contribution in [0.1, 0.15) is 23.2 Å². The summed E-state index contributed by atoms with van der Waals surface area (Å²) in [5.41, 5.74) is 1.14. The summed E-state index contributed by atoms with van der Waals surface area (Å²) in [6.07, 6.45) is 5.31. The van der Waals surface area contributed by atoms with Crippen molar-refractivity contribution in [2.24, 2.45) is 0 Å². The molecule has 0 bridgehead atoms. The molecule has 1 aromatic carbocycles. The van der Waals surface area contributed by atoms with E-state index in [0.29, 0.717) is 18.8 Å². The monoisotopic (exact) mass is 380 g/mol. The smallest absolute Gasteiger partial charge is 0.289 e. The number of aromatic nitrogens is 2. The van der Waals surface area contributed by atoms with Crippen molar-refractivity contribution in [3.63, 3.8) is 0 Å². The zero-order valence-electron chi connectivity index (χ0n) is 16.1. The van der Waals surface area contributed by atoms with Gasteiger partial charge in [-0.1, -0.05) is 0 Å². The molecule has 7 heteroatoms. The average molecular weight is 380 g/mol. The van der Waals surface area contributed by atoms with Crippen LogP contribution in [0.3, 0.4) is 0 Å². The molecule has 1 aliphatic rings. The van der Waals surface area contributed by atoms with Crippen LogP contribution in [0.2, 0.25) is 0 Å². The van der Waals surface area contributed by atoms with Crippen LogP contribution < -0.4 is 9.64 Å². The summed E-state index contributed by atoms with van der Waals surface area (Å²) in [6, 6.07) is 11.7. The number of amides is 1. The Morgan fingerprint density at radius 3 is 2.71 bits per heavy atom. The predicted molar refractivity (Wildman–Crippen MR) is 106 cm³/mol. The highest BCUT2D eigenvalue weighted by molar-refractivity contribution is 5.92. The van der Waals surface area contributed by atoms with Crippen LogP contribution in [0, 0.1) is 0 Å². The quantitative estimate of drug-likeness (QED) is 0.681. The number of rotatable bonds is 5. The molecule has 3 heterocycles. The molecule has 3 aromatic rings. The number of furan rings is 1. The lowest BCUT2D eigenvalue weighted by molar-refractivity contribution is 0.0639. The first-order valence-corrected chi connectivity index (χ1v) is 9.38. The standard InChI is InChI=1S/C21H24N4O3/c1-16-13-24(17-3-5-18(27-2)6-4-17)11-12-25(16)21(26)20-8-7-19(28-20)14-23-10-9-22-15-23/h3-10,15-16H,11-14H2,1-2H3/t16-/m0/s1. The van der Waals surface area contributed by atoms with E-state index in [1.807, 2.05) is 33.9 Å². The van der Waals surface area contributed by atoms with Gasteiger partial charge in [-0.25, -0.2) is 4.98 Å². The Kier molecular flexibility index (Phi) is 5.06. The van der Waals surface area contributed by atoms with E-state index < -0.39 is 0 Å². The molecule has 0 saturated carbocycles. The number of carbonyl (C=O) groups is 1. The van der Waals surface area contributed by atoms with Gasteiger partial charge in [0.1, 0.15) is 11.5 Å². The van der Waals surface area contributed by atoms with Gasteiger partial charge in [0.25, 0.3) is 5.91 Å². The molecular formula is C21H24N4O3. The number of imidazole rings is 1. The number of hydrogen-bond donors (Lipinski definition) is 0. The van der Waals surface area contributed by atoms with Gasteiger partial charge in [0, 0.05) is 43.8 Å². The minimum atomic E-state index is -0.0567. The summed E-state index contributed by atoms with van der Waals surface area (Å²) in [6.45, 7) is 4.85. The van der Waals surface area contributed by atoms with Crippen LogP contribution in [0.4, 0.5) is 5.69 Å². The Morgan fingerprint density at radius 2 is 2.04 bits per heavy atom. The van der Waals surface area contributed by atoms with Crippen molar-refractivity contribution in [2.75, 3.05) is 31.6 Å². The van der Waals surface area contributed by atoms with Crippen LogP contribution in [0.15, 0.2) is 59.5 Å². The highest BCUT2D eigenvalue weighted by atomic mass is 16.5. The predicted octanol–water partition coefficient (Wildman–Crippen LogP) is 2.88. The van der Waals surface area contributed by atoms with Crippen molar-refractivity contribution >= 4 is 11.6 Å². The lowest BCUT2D eigenvalue weighted by Gasteiger charge is -2.40. The highest BCUT2D eigenvalue weighted by Crippen LogP contribution is 2.23. The number of piperazine rings is 1. The second kappa shape index (κ2) is 7.80. The summed E-state index contributed by atoms with van der Waals surface area (Å²) in [4.78, 5) is 21.1. The van der Waals surface area contributed by atoms with E-state index in [1.54, 1.807) is 25.7 Å². The molecule has 4 rings (SSSR count). The average Bonchev–Trinajstić information content (AvgIpc) is 3.40. The lowest BCUT2D eigenvalue weighted by atomic mass is 10.1. The minimum Gasteiger partial charge on any atom is -0.497 e. The van der Waals surface area contributed by atoms with Crippen molar-refractivity contribution in [2.45, 2.75) is 19.5 Å². The molecule has 1 aliphatic heterocycles. The van der Waals surface area contributed by atoms with Gasteiger partial charge < -0.3 is 23.5 Å². The van der Waals surface area contributed by atoms with E-state index in [4.69, 9.17) is 9.15 Å². The Balaban J connectivity index is 1.40. The SMILES string of the molecule is COc1ccc(N2CCN(C(=O)c3ccc(Cn4ccnc4)o3)[C@@H](C)C2)cc1. The fourth-order valence-electron chi connectivity index (χ4n) is 3.57. The Hall–Kier alpha value is -3.22. The van der Waals surface area contributed by atoms with Crippen molar-refractivity contribution in [1.82, 2.24) is 14.5 Å². The summed E-state index contributed by atoms with van der Waals surface area (Å²) in [7, 11) is 1.66. The normalized spacial score (nSPS) is 17.0. The fraction of sp³-hybridized carbons (Fsp3) is 0.333. The van der Waals surface area contributed by atoms with Crippen LogP contribution in [-0.4, -0.2) is 53.1 Å². The minimum absolute atomic E-state index is 0.0567. The van der Waals surface area contributed by atoms with Gasteiger partial charge >= 0.3 is 0 Å². The Bertz CT molecular complexity index is 918. The number of hydrogen-bond acceptors (Lipinski definition) is 5. The summed E-state index contributed by atoms with van der Waals surface area (Å²) in [5, 5.41) is 0. The van der Waals surface area contributed by atoms with Crippen LogP contribution in [0.25, 0.3) is 0 Å². The molecular weight excluding hydrogens is 356 g/mol. The molecule has 146 valence electrons. The van der Waals surface area contributed by atoms with Crippen molar-refractivity contribution < 1.29 is 13.9 Å². The molecule has 28 heavy (non-hydrogen) atoms. The van der Waals surface area contributed by atoms with Crippen molar-refractivity contribution in [3.05, 3.63) is 66.6 Å². The van der Waals surface area contributed by atoms with E-state index in [9.17, 15) is 4.79 Å². The number of ether oxygens (including phenoxy) is 1. The molecule has 0 aliphatic carbocycles. The van der Waals surface area contributed by atoms with Gasteiger partial charge in [-0.2, -0.15) is 0 Å². The molecule has 7 nitrogen and oxygen atoms in total. The van der Waals surface area contributed by atoms with Gasteiger partial charge in [0.2, 0.25) is 0 Å². The number of benzene rings is 1. The second-order valence-electron chi connectivity index (χ2n) is 6.99. The topological polar surface area (TPSA) is 63.7 Å². The van der Waals surface area contributed by atoms with Gasteiger partial charge in [0.05, 0.1) is 20.0 Å². The van der Waals surface area contributed by atoms with Gasteiger partial charge in [0.15, 0.2) is 5.76 Å². The second-order valence-corrected chi connectivity index (χ2v) is 6.99. The van der Waals surface area contributed by atoms with Crippen LogP contribution in [0.5, 0.6) is 5.75 Å². The molecule has 1 fully saturated rings. The molecule has 2 aromatic heterocycles. The molecule has 1 amide bonds. The largest absolute Gasteiger partial charge is 0.497 e. The highest BCUT2D eigenvalue weighted by Gasteiger charge is 2.29. The first kappa shape index (κ1) is 18.2. The number of methoxy groups -OCH3 is 1. The maximum Gasteiger partial charge on any atom is 0.289 e. The zero-order chi connectivity index (χ0) is 19.5. The third-order valence-electron chi connectivity index (χ3n) is 5.10. The van der Waals surface area contributed by atoms with Crippen molar-refractivity contribution in [3.8, 4) is 5.75 Å². The molecule has 1 atom stereocenters. The number of nitrogens with zero attached hydrogens (tertiary/aromatic N) is 4. The van der Waals surface area contributed by atoms with Gasteiger partial charge in [-0.15, -0.1) is 0 Å². The number of anilines is 1. The van der Waals surface area contributed by atoms with E-state index >= 15 is 0 Å². The van der Waals surface area contributed by atoms with E-state index in [0.717, 1.165) is 30.3 Å². The van der Waals surface area contributed by atoms with E-state index in [2.05, 4.69) is 28.9 Å². The fourth-order valence-corrected chi connectivity index (χ4v) is 3.57. The first-order valence-electron chi connectivity index (χ1n) is 9.38. The summed E-state index contributed by atoms with van der Waals surface area (Å²) >= 11 is 0. The van der Waals surface area contributed by atoms with Crippen molar-refractivity contribution in [1.29, 1.82) is 0 Å². The first-order chi connectivity index (χ1) is 13.6. The molecule has 0 N–H and O–H groups in total. The molecule has 0 unspecified atom stereocenters. The Morgan fingerprint density at radius 1 is 1.21 bits per heavy atom. The third kappa shape index (κ3) is 3.74. The van der Waals surface area contributed by atoms with E-state index in [-0.39, 0.29) is 11.9 Å². The summed E-state index contributed by atoms with van der Waals surface area (Å²) in [5.74, 6) is 1.92. The molecule has 0 spiro atoms. The summed E-state index contributed by atoms with van der Waals surface area (Å²) < 4.78 is 12.9. The lowest BCUT2D eigenvalue weighted by Crippen LogP contribution is -2.54. The van der Waals surface area contributed by atoms with Crippen LogP contribution >= 0.6 is 0 Å². The van der Waals surface area contributed by atoms with Crippen LogP contribution in [-0.2, 0) is 6.54 Å². The van der Waals surface area contributed by atoms with E-state index in [1.165, 1.54) is 0 Å². The zero-order valence-corrected chi connectivity index (χ0v) is 16.1. The Labute approximate surface area is 164 Å². The maximum atomic E-state index is 12.9. The molecule has 0 radical (unpaired) electrons. The third-order valence-corrected chi connectivity index (χ3v) is 5.10.